The van der Waals surface area contributed by atoms with Crippen molar-refractivity contribution in [2.24, 2.45) is 0 Å². The highest BCUT2D eigenvalue weighted by Crippen LogP contribution is 2.22. The monoisotopic (exact) mass is 303 g/mol. The summed E-state index contributed by atoms with van der Waals surface area (Å²) in [6.07, 6.45) is 0.322. The van der Waals surface area contributed by atoms with Crippen LogP contribution in [0.4, 0.5) is 0 Å². The Bertz CT molecular complexity index is 717. The Morgan fingerprint density at radius 3 is 2.95 bits per heavy atom. The van der Waals surface area contributed by atoms with Gasteiger partial charge in [-0.15, -0.1) is 0 Å². The highest BCUT2D eigenvalue weighted by Gasteiger charge is 2.22. The van der Waals surface area contributed by atoms with E-state index in [1.54, 1.807) is 11.0 Å². The fourth-order valence-electron chi connectivity index (χ4n) is 2.46. The number of hydrogen-bond donors (Lipinski definition) is 1. The molecule has 1 saturated heterocycles. The number of benzene rings is 1. The topological polar surface area (TPSA) is 62.3 Å². The number of nitrogens with zero attached hydrogens (tertiary/aromatic N) is 2. The molecular formula is C15H14ClN3O2. The number of carbonyl (C=O) groups excluding carboxylic acids is 2. The van der Waals surface area contributed by atoms with Crippen LogP contribution in [-0.2, 0) is 4.79 Å². The number of carbonyl (C=O) groups is 2. The maximum absolute atomic E-state index is 12.7. The molecule has 1 fully saturated rings. The first-order valence-electron chi connectivity index (χ1n) is 6.76. The van der Waals surface area contributed by atoms with Crippen LogP contribution in [0.5, 0.6) is 0 Å². The summed E-state index contributed by atoms with van der Waals surface area (Å²) in [5.41, 5.74) is 1.22. The third-order valence-corrected chi connectivity index (χ3v) is 3.71. The second kappa shape index (κ2) is 5.69. The number of pyridine rings is 1. The van der Waals surface area contributed by atoms with E-state index in [4.69, 9.17) is 11.6 Å². The Hall–Kier alpha value is -2.14. The molecule has 5 nitrogen and oxygen atoms in total. The lowest BCUT2D eigenvalue weighted by Gasteiger charge is -2.20. The van der Waals surface area contributed by atoms with E-state index in [0.717, 1.165) is 5.39 Å². The van der Waals surface area contributed by atoms with Gasteiger partial charge in [0.1, 0.15) is 5.15 Å². The normalized spacial score (nSPS) is 15.7. The van der Waals surface area contributed by atoms with Crippen LogP contribution >= 0.6 is 11.6 Å². The van der Waals surface area contributed by atoms with Crippen molar-refractivity contribution in [3.8, 4) is 0 Å². The van der Waals surface area contributed by atoms with Crippen LogP contribution in [0.15, 0.2) is 30.3 Å². The number of hydrogen-bond acceptors (Lipinski definition) is 3. The van der Waals surface area contributed by atoms with Gasteiger partial charge in [-0.05, 0) is 12.1 Å². The van der Waals surface area contributed by atoms with Crippen LogP contribution < -0.4 is 5.32 Å². The first-order chi connectivity index (χ1) is 10.1. The first kappa shape index (κ1) is 13.8. The molecule has 0 atom stereocenters. The highest BCUT2D eigenvalue weighted by atomic mass is 35.5. The molecular weight excluding hydrogens is 290 g/mol. The lowest BCUT2D eigenvalue weighted by Crippen LogP contribution is -2.34. The van der Waals surface area contributed by atoms with Gasteiger partial charge in [-0.3, -0.25) is 9.59 Å². The highest BCUT2D eigenvalue weighted by molar-refractivity contribution is 6.30. The van der Waals surface area contributed by atoms with Crippen LogP contribution in [0, 0.1) is 0 Å². The van der Waals surface area contributed by atoms with E-state index in [-0.39, 0.29) is 11.8 Å². The summed E-state index contributed by atoms with van der Waals surface area (Å²) in [5, 5.41) is 3.82. The number of amides is 2. The van der Waals surface area contributed by atoms with Crippen molar-refractivity contribution < 1.29 is 9.59 Å². The van der Waals surface area contributed by atoms with Gasteiger partial charge < -0.3 is 10.2 Å². The molecule has 3 rings (SSSR count). The van der Waals surface area contributed by atoms with E-state index in [2.05, 4.69) is 10.3 Å². The Morgan fingerprint density at radius 2 is 2.10 bits per heavy atom. The van der Waals surface area contributed by atoms with Crippen molar-refractivity contribution >= 4 is 34.3 Å². The number of aromatic nitrogens is 1. The zero-order chi connectivity index (χ0) is 14.8. The van der Waals surface area contributed by atoms with E-state index in [1.807, 2.05) is 24.3 Å². The lowest BCUT2D eigenvalue weighted by molar-refractivity contribution is -0.120. The second-order valence-electron chi connectivity index (χ2n) is 4.90. The van der Waals surface area contributed by atoms with Crippen molar-refractivity contribution in [1.29, 1.82) is 0 Å². The van der Waals surface area contributed by atoms with Crippen LogP contribution in [-0.4, -0.2) is 41.3 Å². The molecule has 1 aromatic heterocycles. The van der Waals surface area contributed by atoms with Crippen LogP contribution in [0.3, 0.4) is 0 Å². The molecule has 2 aromatic rings. The molecule has 1 N–H and O–H groups in total. The predicted octanol–water partition coefficient (Wildman–Crippen LogP) is 1.85. The largest absolute Gasteiger partial charge is 0.354 e. The summed E-state index contributed by atoms with van der Waals surface area (Å²) in [4.78, 5) is 30.0. The molecule has 108 valence electrons. The van der Waals surface area contributed by atoms with E-state index in [1.165, 1.54) is 0 Å². The molecule has 0 saturated carbocycles. The molecule has 2 amide bonds. The van der Waals surface area contributed by atoms with E-state index < -0.39 is 0 Å². The molecule has 6 heteroatoms. The zero-order valence-corrected chi connectivity index (χ0v) is 12.1. The maximum atomic E-state index is 12.7. The molecule has 0 bridgehead atoms. The standard InChI is InChI=1S/C15H14ClN3O2/c16-13-9-11(10-3-1-2-4-12(10)18-13)15(21)19-7-5-14(20)17-6-8-19/h1-4,9H,5-8H2,(H,17,20). The number of rotatable bonds is 1. The Kier molecular flexibility index (Phi) is 3.75. The minimum atomic E-state index is -0.119. The van der Waals surface area contributed by atoms with E-state index >= 15 is 0 Å². The predicted molar refractivity (Wildman–Crippen MR) is 80.3 cm³/mol. The van der Waals surface area contributed by atoms with Crippen molar-refractivity contribution in [1.82, 2.24) is 15.2 Å². The molecule has 0 spiro atoms. The quantitative estimate of drug-likeness (QED) is 0.818. The van der Waals surface area contributed by atoms with Gasteiger partial charge in [-0.2, -0.15) is 0 Å². The van der Waals surface area contributed by atoms with Crippen LogP contribution in [0.2, 0.25) is 5.15 Å². The summed E-state index contributed by atoms with van der Waals surface area (Å²) < 4.78 is 0. The van der Waals surface area contributed by atoms with E-state index in [9.17, 15) is 9.59 Å². The number of nitrogens with one attached hydrogen (secondary N) is 1. The molecule has 1 aromatic carbocycles. The molecule has 0 aliphatic carbocycles. The molecule has 1 aliphatic rings. The summed E-state index contributed by atoms with van der Waals surface area (Å²) in [7, 11) is 0. The van der Waals surface area contributed by atoms with Gasteiger partial charge in [-0.1, -0.05) is 29.8 Å². The van der Waals surface area contributed by atoms with Gasteiger partial charge in [0.2, 0.25) is 5.91 Å². The number of halogens is 1. The average Bonchev–Trinajstić information content (AvgIpc) is 2.70. The summed E-state index contributed by atoms with van der Waals surface area (Å²) >= 11 is 6.01. The summed E-state index contributed by atoms with van der Waals surface area (Å²) in [6, 6.07) is 8.99. The smallest absolute Gasteiger partial charge is 0.254 e. The fourth-order valence-corrected chi connectivity index (χ4v) is 2.66. The van der Waals surface area contributed by atoms with Gasteiger partial charge in [0.05, 0.1) is 11.1 Å². The number of para-hydroxylation sites is 1. The van der Waals surface area contributed by atoms with Crippen LogP contribution in [0.25, 0.3) is 10.9 Å². The molecule has 2 heterocycles. The summed E-state index contributed by atoms with van der Waals surface area (Å²) in [5.74, 6) is -0.144. The Labute approximate surface area is 126 Å². The summed E-state index contributed by atoms with van der Waals surface area (Å²) in [6.45, 7) is 1.39. The lowest BCUT2D eigenvalue weighted by atomic mass is 10.1. The van der Waals surface area contributed by atoms with Crippen LogP contribution in [0.1, 0.15) is 16.8 Å². The van der Waals surface area contributed by atoms with Crippen molar-refractivity contribution in [2.45, 2.75) is 6.42 Å². The van der Waals surface area contributed by atoms with Gasteiger partial charge in [0.15, 0.2) is 0 Å². The first-order valence-corrected chi connectivity index (χ1v) is 7.14. The van der Waals surface area contributed by atoms with Gasteiger partial charge in [0, 0.05) is 31.4 Å². The minimum absolute atomic E-state index is 0.0251. The van der Waals surface area contributed by atoms with Gasteiger partial charge in [-0.25, -0.2) is 4.98 Å². The molecule has 0 unspecified atom stereocenters. The Balaban J connectivity index is 1.99. The molecule has 0 radical (unpaired) electrons. The molecule has 1 aliphatic heterocycles. The maximum Gasteiger partial charge on any atom is 0.254 e. The van der Waals surface area contributed by atoms with E-state index in [0.29, 0.717) is 42.3 Å². The minimum Gasteiger partial charge on any atom is -0.354 e. The van der Waals surface area contributed by atoms with Gasteiger partial charge >= 0.3 is 0 Å². The second-order valence-corrected chi connectivity index (χ2v) is 5.29. The SMILES string of the molecule is O=C1CCN(C(=O)c2cc(Cl)nc3ccccc23)CCN1. The third-order valence-electron chi connectivity index (χ3n) is 3.52. The third kappa shape index (κ3) is 2.83. The van der Waals surface area contributed by atoms with Crippen molar-refractivity contribution in [3.05, 3.63) is 41.0 Å². The molecule has 21 heavy (non-hydrogen) atoms. The number of fused-ring (bicyclic) bond motifs is 1. The Morgan fingerprint density at radius 1 is 1.29 bits per heavy atom. The fraction of sp³-hybridized carbons (Fsp3) is 0.267. The average molecular weight is 304 g/mol. The zero-order valence-electron chi connectivity index (χ0n) is 11.3. The van der Waals surface area contributed by atoms with Gasteiger partial charge in [0.25, 0.3) is 5.91 Å². The van der Waals surface area contributed by atoms with Crippen molar-refractivity contribution in [2.75, 3.05) is 19.6 Å². The van der Waals surface area contributed by atoms with Crippen molar-refractivity contribution in [3.63, 3.8) is 0 Å².